The number of fused-ring (bicyclic) bond motifs is 8. The smallest absolute Gasteiger partial charge is 0.270 e. The van der Waals surface area contributed by atoms with Crippen molar-refractivity contribution in [2.45, 2.75) is 0 Å². The third-order valence-electron chi connectivity index (χ3n) is 7.25. The summed E-state index contributed by atoms with van der Waals surface area (Å²) < 4.78 is 2.53. The van der Waals surface area contributed by atoms with E-state index in [0.717, 1.165) is 6.07 Å². The average Bonchev–Trinajstić information content (AvgIpc) is 3.56. The van der Waals surface area contributed by atoms with Crippen LogP contribution in [-0.4, -0.2) is 64.6 Å². The highest BCUT2D eigenvalue weighted by Gasteiger charge is 2.33. The molecule has 0 saturated heterocycles. The van der Waals surface area contributed by atoms with Crippen LogP contribution in [0.25, 0.3) is 33.4 Å². The molecule has 19 nitrogen and oxygen atoms in total. The summed E-state index contributed by atoms with van der Waals surface area (Å²) in [6.45, 7) is 0. The number of nitro benzene ring substituents is 2. The van der Waals surface area contributed by atoms with Crippen LogP contribution in [0.3, 0.4) is 0 Å². The Morgan fingerprint density at radius 3 is 1.71 bits per heavy atom. The summed E-state index contributed by atoms with van der Waals surface area (Å²) in [7, 11) is 2.75. The number of aromatic nitrogens is 6. The first-order valence-electron chi connectivity index (χ1n) is 13.8. The largest absolute Gasteiger partial charge is 0.399 e. The molecule has 244 valence electrons. The Hall–Kier alpha value is -7.12. The number of hydrogen-bond acceptors (Lipinski definition) is 15. The lowest BCUT2D eigenvalue weighted by molar-refractivity contribution is -0.385. The van der Waals surface area contributed by atoms with Crippen LogP contribution in [0, 0.1) is 20.2 Å². The Morgan fingerprint density at radius 1 is 0.735 bits per heavy atom. The Morgan fingerprint density at radius 2 is 1.20 bits per heavy atom. The summed E-state index contributed by atoms with van der Waals surface area (Å²) >= 11 is 0. The van der Waals surface area contributed by atoms with Crippen LogP contribution in [0.1, 0.15) is 27.6 Å². The quantitative estimate of drug-likeness (QED) is 0.210. The molecular weight excluding hydrogens is 644 g/mol. The van der Waals surface area contributed by atoms with Gasteiger partial charge in [-0.25, -0.2) is 25.8 Å². The third kappa shape index (κ3) is 5.31. The molecule has 2 aromatic carbocycles. The van der Waals surface area contributed by atoms with Crippen LogP contribution in [0.15, 0.2) is 87.8 Å². The fourth-order valence-corrected chi connectivity index (χ4v) is 5.26. The van der Waals surface area contributed by atoms with Gasteiger partial charge in [-0.2, -0.15) is 0 Å². The molecule has 0 amide bonds. The Bertz CT molecular complexity index is 2530. The molecule has 0 unspecified atom stereocenters. The van der Waals surface area contributed by atoms with Gasteiger partial charge >= 0.3 is 0 Å². The molecule has 0 saturated carbocycles. The maximum atomic E-state index is 12.8. The van der Waals surface area contributed by atoms with Gasteiger partial charge in [-0.05, 0) is 36.4 Å². The van der Waals surface area contributed by atoms with E-state index >= 15 is 0 Å². The van der Waals surface area contributed by atoms with Crippen LogP contribution in [-0.2, 0) is 9.68 Å². The van der Waals surface area contributed by atoms with Gasteiger partial charge in [0.25, 0.3) is 22.5 Å². The zero-order valence-corrected chi connectivity index (χ0v) is 25.2. The topological polar surface area (TPSA) is 256 Å². The minimum absolute atomic E-state index is 0.0771. The van der Waals surface area contributed by atoms with Crippen molar-refractivity contribution in [3.63, 3.8) is 0 Å². The monoisotopic (exact) mass is 664 g/mol. The number of hydrogen-bond donors (Lipinski definition) is 1. The molecular formula is C30H20N10O9. The number of nitrogens with zero attached hydrogens (tertiary/aromatic N) is 9. The Labute approximate surface area is 271 Å². The van der Waals surface area contributed by atoms with Crippen LogP contribution in [0.2, 0.25) is 0 Å². The number of nitro groups is 2. The molecule has 49 heavy (non-hydrogen) atoms. The first-order valence-corrected chi connectivity index (χ1v) is 13.8. The standard InChI is InChI=1S/C15H9N5O4.C14H6N4O4.CH5NO/c1-24-18-12-10-7-8(20(22)23)4-5-11(10)19-14(12)17-13-9(15(19)21)3-2-6-16-13;19-11-9-6-7(18(21)22)3-4-10(9)17-13(11)16-12-8(14(17)20)2-1-5-15-12;1-3-2/h2-7H,1H3;1-6H;2H2,1H3. The van der Waals surface area contributed by atoms with Gasteiger partial charge in [-0.3, -0.25) is 43.7 Å². The van der Waals surface area contributed by atoms with E-state index in [1.165, 1.54) is 66.1 Å². The van der Waals surface area contributed by atoms with E-state index in [1.54, 1.807) is 24.3 Å². The van der Waals surface area contributed by atoms with Gasteiger partial charge in [0.05, 0.1) is 44.7 Å². The molecule has 2 N–H and O–H groups in total. The SMILES string of the molecule is CON.CON=C1c2cc([N+](=O)[O-])ccc2-n2c1nc1ncccc1c2=O.O=C1c2cc([N+](=O)[O-])ccc2-n2c1nc1ncccc1c2=O. The van der Waals surface area contributed by atoms with Gasteiger partial charge in [-0.15, -0.1) is 0 Å². The zero-order chi connectivity index (χ0) is 35.0. The molecule has 8 rings (SSSR count). The van der Waals surface area contributed by atoms with Crippen molar-refractivity contribution in [3.05, 3.63) is 137 Å². The third-order valence-corrected chi connectivity index (χ3v) is 7.25. The lowest BCUT2D eigenvalue weighted by Crippen LogP contribution is -2.22. The average molecular weight is 665 g/mol. The molecule has 0 fully saturated rings. The van der Waals surface area contributed by atoms with Gasteiger partial charge in [0.1, 0.15) is 7.11 Å². The number of nitrogens with two attached hydrogens (primary N) is 1. The predicted octanol–water partition coefficient (Wildman–Crippen LogP) is 2.14. The van der Waals surface area contributed by atoms with Crippen molar-refractivity contribution >= 4 is 44.9 Å². The first-order chi connectivity index (χ1) is 23.6. The number of rotatable bonds is 3. The summed E-state index contributed by atoms with van der Waals surface area (Å²) in [4.78, 5) is 83.7. The van der Waals surface area contributed by atoms with Crippen LogP contribution < -0.4 is 17.0 Å². The van der Waals surface area contributed by atoms with Crippen molar-refractivity contribution in [2.24, 2.45) is 11.1 Å². The van der Waals surface area contributed by atoms with Gasteiger partial charge in [0, 0.05) is 42.2 Å². The van der Waals surface area contributed by atoms with E-state index in [1.807, 2.05) is 0 Å². The highest BCUT2D eigenvalue weighted by molar-refractivity contribution is 6.17. The molecule has 0 aliphatic carbocycles. The van der Waals surface area contributed by atoms with E-state index in [0.29, 0.717) is 22.3 Å². The molecule has 0 radical (unpaired) electrons. The molecule has 0 bridgehead atoms. The normalized spacial score (nSPS) is 12.6. The number of non-ortho nitro benzene ring substituents is 2. The molecule has 0 atom stereocenters. The maximum Gasteiger partial charge on any atom is 0.270 e. The minimum atomic E-state index is -0.592. The number of carbonyl (C=O) groups excluding carboxylic acids is 1. The minimum Gasteiger partial charge on any atom is -0.399 e. The molecule has 6 heterocycles. The second kappa shape index (κ2) is 12.6. The lowest BCUT2D eigenvalue weighted by atomic mass is 10.1. The van der Waals surface area contributed by atoms with E-state index in [-0.39, 0.29) is 56.5 Å². The molecule has 2 aliphatic heterocycles. The van der Waals surface area contributed by atoms with Crippen molar-refractivity contribution in [1.29, 1.82) is 0 Å². The predicted molar refractivity (Wildman–Crippen MR) is 171 cm³/mol. The first kappa shape index (κ1) is 31.8. The lowest BCUT2D eigenvalue weighted by Gasteiger charge is -2.04. The van der Waals surface area contributed by atoms with Crippen LogP contribution in [0.5, 0.6) is 0 Å². The van der Waals surface area contributed by atoms with E-state index in [9.17, 15) is 34.6 Å². The highest BCUT2D eigenvalue weighted by atomic mass is 16.6. The fourth-order valence-electron chi connectivity index (χ4n) is 5.26. The maximum absolute atomic E-state index is 12.8. The number of carbonyl (C=O) groups is 1. The molecule has 4 aromatic heterocycles. The number of ketones is 1. The number of pyridine rings is 2. The zero-order valence-electron chi connectivity index (χ0n) is 25.2. The van der Waals surface area contributed by atoms with Crippen LogP contribution >= 0.6 is 0 Å². The summed E-state index contributed by atoms with van der Waals surface area (Å²) in [5.74, 6) is 3.98. The summed E-state index contributed by atoms with van der Waals surface area (Å²) in [6.07, 6.45) is 3.01. The second-order valence-electron chi connectivity index (χ2n) is 10.0. The van der Waals surface area contributed by atoms with E-state index < -0.39 is 21.2 Å². The van der Waals surface area contributed by atoms with Crippen molar-refractivity contribution in [3.8, 4) is 11.4 Å². The van der Waals surface area contributed by atoms with Gasteiger partial charge in [0.2, 0.25) is 5.78 Å². The highest BCUT2D eigenvalue weighted by Crippen LogP contribution is 2.31. The molecule has 19 heteroatoms. The van der Waals surface area contributed by atoms with Crippen molar-refractivity contribution in [1.82, 2.24) is 29.1 Å². The summed E-state index contributed by atoms with van der Waals surface area (Å²) in [6, 6.07) is 14.4. The van der Waals surface area contributed by atoms with Gasteiger partial charge in [0.15, 0.2) is 28.7 Å². The molecule has 2 aliphatic rings. The number of oxime groups is 1. The number of benzene rings is 2. The Balaban J connectivity index is 0.000000158. The summed E-state index contributed by atoms with van der Waals surface area (Å²) in [5, 5.41) is 26.4. The van der Waals surface area contributed by atoms with Crippen molar-refractivity contribution < 1.29 is 24.3 Å². The molecule has 0 spiro atoms. The van der Waals surface area contributed by atoms with Gasteiger partial charge in [-0.1, -0.05) is 5.16 Å². The van der Waals surface area contributed by atoms with E-state index in [4.69, 9.17) is 4.84 Å². The fraction of sp³-hybridized carbons (Fsp3) is 0.0667. The van der Waals surface area contributed by atoms with Gasteiger partial charge < -0.3 is 9.68 Å². The molecule has 6 aromatic rings. The van der Waals surface area contributed by atoms with Crippen LogP contribution in [0.4, 0.5) is 11.4 Å². The summed E-state index contributed by atoms with van der Waals surface area (Å²) in [5.41, 5.74) is 0.906. The second-order valence-corrected chi connectivity index (χ2v) is 10.0. The van der Waals surface area contributed by atoms with Crippen molar-refractivity contribution in [2.75, 3.05) is 14.2 Å². The van der Waals surface area contributed by atoms with E-state index in [2.05, 4.69) is 35.8 Å². The Kier molecular flexibility index (Phi) is 8.18.